The highest BCUT2D eigenvalue weighted by Gasteiger charge is 2.05. The van der Waals surface area contributed by atoms with Gasteiger partial charge in [-0.1, -0.05) is 44.2 Å². The van der Waals surface area contributed by atoms with Gasteiger partial charge >= 0.3 is 0 Å². The molecule has 2 nitrogen and oxygen atoms in total. The van der Waals surface area contributed by atoms with Gasteiger partial charge in [-0.2, -0.15) is 0 Å². The van der Waals surface area contributed by atoms with Crippen LogP contribution in [0.1, 0.15) is 42.0 Å². The summed E-state index contributed by atoms with van der Waals surface area (Å²) in [5, 5.41) is 0. The summed E-state index contributed by atoms with van der Waals surface area (Å²) in [4.78, 5) is 0. The largest absolute Gasteiger partial charge is 0.489 e. The van der Waals surface area contributed by atoms with Crippen molar-refractivity contribution in [2.75, 3.05) is 6.54 Å². The van der Waals surface area contributed by atoms with E-state index in [4.69, 9.17) is 10.5 Å². The van der Waals surface area contributed by atoms with Crippen molar-refractivity contribution in [2.24, 2.45) is 5.73 Å². The molecule has 2 aromatic carbocycles. The molecular weight excluding hydrogens is 258 g/mol. The summed E-state index contributed by atoms with van der Waals surface area (Å²) in [7, 11) is 0. The zero-order valence-electron chi connectivity index (χ0n) is 13.2. The molecule has 0 fully saturated rings. The Labute approximate surface area is 127 Å². The number of aryl methyl sites for hydroxylation is 1. The summed E-state index contributed by atoms with van der Waals surface area (Å²) in [6, 6.07) is 14.8. The Balaban J connectivity index is 1.98. The van der Waals surface area contributed by atoms with Crippen LogP contribution in [0.4, 0.5) is 0 Å². The Morgan fingerprint density at radius 3 is 2.24 bits per heavy atom. The second-order valence-electron chi connectivity index (χ2n) is 5.82. The molecule has 0 aromatic heterocycles. The van der Waals surface area contributed by atoms with Crippen LogP contribution in [0.25, 0.3) is 0 Å². The minimum Gasteiger partial charge on any atom is -0.489 e. The lowest BCUT2D eigenvalue weighted by molar-refractivity contribution is 0.306. The van der Waals surface area contributed by atoms with Gasteiger partial charge in [-0.05, 0) is 60.2 Å². The highest BCUT2D eigenvalue weighted by atomic mass is 16.5. The molecule has 2 heteroatoms. The van der Waals surface area contributed by atoms with Crippen molar-refractivity contribution in [1.29, 1.82) is 0 Å². The van der Waals surface area contributed by atoms with Gasteiger partial charge < -0.3 is 10.5 Å². The molecule has 0 aliphatic carbocycles. The molecule has 0 atom stereocenters. The third kappa shape index (κ3) is 4.33. The van der Waals surface area contributed by atoms with Crippen LogP contribution in [-0.4, -0.2) is 6.54 Å². The molecule has 0 unspecified atom stereocenters. The molecule has 0 spiro atoms. The van der Waals surface area contributed by atoms with E-state index in [1.807, 2.05) is 0 Å². The predicted octanol–water partition coefficient (Wildman–Crippen LogP) is 4.20. The van der Waals surface area contributed by atoms with Crippen LogP contribution >= 0.6 is 0 Å². The molecule has 0 aliphatic heterocycles. The van der Waals surface area contributed by atoms with E-state index in [1.165, 1.54) is 22.3 Å². The van der Waals surface area contributed by atoms with E-state index < -0.39 is 0 Å². The van der Waals surface area contributed by atoms with Crippen LogP contribution < -0.4 is 10.5 Å². The van der Waals surface area contributed by atoms with Crippen LogP contribution in [0.15, 0.2) is 42.5 Å². The quantitative estimate of drug-likeness (QED) is 0.862. The van der Waals surface area contributed by atoms with E-state index in [1.54, 1.807) is 0 Å². The first-order valence-electron chi connectivity index (χ1n) is 7.61. The third-order valence-corrected chi connectivity index (χ3v) is 3.72. The van der Waals surface area contributed by atoms with Gasteiger partial charge in [0.25, 0.3) is 0 Å². The lowest BCUT2D eigenvalue weighted by atomic mass is 9.98. The fourth-order valence-electron chi connectivity index (χ4n) is 2.52. The van der Waals surface area contributed by atoms with Crippen LogP contribution in [0.3, 0.4) is 0 Å². The predicted molar refractivity (Wildman–Crippen MR) is 88.8 cm³/mol. The summed E-state index contributed by atoms with van der Waals surface area (Å²) in [6.45, 7) is 7.86. The zero-order chi connectivity index (χ0) is 15.2. The van der Waals surface area contributed by atoms with Crippen molar-refractivity contribution in [3.8, 4) is 5.75 Å². The normalized spacial score (nSPS) is 10.9. The van der Waals surface area contributed by atoms with E-state index in [0.29, 0.717) is 19.1 Å². The van der Waals surface area contributed by atoms with Gasteiger partial charge in [0, 0.05) is 0 Å². The van der Waals surface area contributed by atoms with Gasteiger partial charge in [0.05, 0.1) is 0 Å². The average Bonchev–Trinajstić information content (AvgIpc) is 2.46. The van der Waals surface area contributed by atoms with Crippen LogP contribution in [0.5, 0.6) is 5.75 Å². The molecule has 2 N–H and O–H groups in total. The average molecular weight is 283 g/mol. The number of hydrogen-bond donors (Lipinski definition) is 1. The molecule has 2 aromatic rings. The molecular formula is C19H25NO. The fraction of sp³-hybridized carbons (Fsp3) is 0.368. The first kappa shape index (κ1) is 15.6. The maximum atomic E-state index is 5.88. The first-order valence-corrected chi connectivity index (χ1v) is 7.61. The van der Waals surface area contributed by atoms with E-state index >= 15 is 0 Å². The van der Waals surface area contributed by atoms with E-state index in [9.17, 15) is 0 Å². The molecule has 0 heterocycles. The van der Waals surface area contributed by atoms with Crippen molar-refractivity contribution in [3.63, 3.8) is 0 Å². The maximum Gasteiger partial charge on any atom is 0.120 e. The minimum absolute atomic E-state index is 0.550. The van der Waals surface area contributed by atoms with E-state index in [2.05, 4.69) is 63.2 Å². The van der Waals surface area contributed by atoms with Crippen molar-refractivity contribution >= 4 is 0 Å². The van der Waals surface area contributed by atoms with E-state index in [-0.39, 0.29) is 0 Å². The second kappa shape index (κ2) is 7.28. The Hall–Kier alpha value is -1.80. The molecule has 0 bridgehead atoms. The van der Waals surface area contributed by atoms with Gasteiger partial charge in [-0.15, -0.1) is 0 Å². The zero-order valence-corrected chi connectivity index (χ0v) is 13.2. The van der Waals surface area contributed by atoms with Gasteiger partial charge in [0.2, 0.25) is 0 Å². The van der Waals surface area contributed by atoms with Crippen LogP contribution in [0, 0.1) is 6.92 Å². The van der Waals surface area contributed by atoms with Crippen molar-refractivity contribution in [3.05, 3.63) is 64.7 Å². The molecule has 0 aliphatic rings. The van der Waals surface area contributed by atoms with Gasteiger partial charge in [-0.25, -0.2) is 0 Å². The molecule has 0 saturated heterocycles. The summed E-state index contributed by atoms with van der Waals surface area (Å²) in [5.74, 6) is 1.48. The molecule has 0 saturated carbocycles. The van der Waals surface area contributed by atoms with Gasteiger partial charge in [0.15, 0.2) is 0 Å². The standard InChI is InChI=1S/C19H25NO/c1-14(2)19-9-8-18(12-15(19)3)21-13-17-6-4-16(5-7-17)10-11-20/h4-9,12,14H,10-11,13,20H2,1-3H3. The fourth-order valence-corrected chi connectivity index (χ4v) is 2.52. The number of ether oxygens (including phenoxy) is 1. The second-order valence-corrected chi connectivity index (χ2v) is 5.82. The Morgan fingerprint density at radius 2 is 1.67 bits per heavy atom. The molecule has 0 amide bonds. The van der Waals surface area contributed by atoms with Gasteiger partial charge in [-0.3, -0.25) is 0 Å². The minimum atomic E-state index is 0.550. The molecule has 112 valence electrons. The van der Waals surface area contributed by atoms with Crippen molar-refractivity contribution in [2.45, 2.75) is 39.7 Å². The molecule has 21 heavy (non-hydrogen) atoms. The van der Waals surface area contributed by atoms with Crippen molar-refractivity contribution < 1.29 is 4.74 Å². The molecule has 2 rings (SSSR count). The summed E-state index contributed by atoms with van der Waals surface area (Å²) < 4.78 is 5.88. The lowest BCUT2D eigenvalue weighted by Gasteiger charge is -2.12. The number of rotatable bonds is 6. The molecule has 0 radical (unpaired) electrons. The summed E-state index contributed by atoms with van der Waals surface area (Å²) in [6.07, 6.45) is 0.928. The van der Waals surface area contributed by atoms with Crippen molar-refractivity contribution in [1.82, 2.24) is 0 Å². The number of hydrogen-bond acceptors (Lipinski definition) is 2. The first-order chi connectivity index (χ1) is 10.1. The highest BCUT2D eigenvalue weighted by Crippen LogP contribution is 2.24. The van der Waals surface area contributed by atoms with Crippen LogP contribution in [0.2, 0.25) is 0 Å². The highest BCUT2D eigenvalue weighted by molar-refractivity contribution is 5.36. The Morgan fingerprint density at radius 1 is 1.00 bits per heavy atom. The smallest absolute Gasteiger partial charge is 0.120 e. The maximum absolute atomic E-state index is 5.88. The van der Waals surface area contributed by atoms with Crippen LogP contribution in [-0.2, 0) is 13.0 Å². The SMILES string of the molecule is Cc1cc(OCc2ccc(CCN)cc2)ccc1C(C)C. The van der Waals surface area contributed by atoms with Gasteiger partial charge in [0.1, 0.15) is 12.4 Å². The summed E-state index contributed by atoms with van der Waals surface area (Å²) >= 11 is 0. The van der Waals surface area contributed by atoms with E-state index in [0.717, 1.165) is 12.2 Å². The summed E-state index contributed by atoms with van der Waals surface area (Å²) in [5.41, 5.74) is 10.7. The lowest BCUT2D eigenvalue weighted by Crippen LogP contribution is -2.03. The Bertz CT molecular complexity index is 573. The number of nitrogens with two attached hydrogens (primary N) is 1. The Kier molecular flexibility index (Phi) is 5.40. The number of benzene rings is 2. The topological polar surface area (TPSA) is 35.2 Å². The third-order valence-electron chi connectivity index (χ3n) is 3.72. The monoisotopic (exact) mass is 283 g/mol.